The van der Waals surface area contributed by atoms with E-state index in [1.807, 2.05) is 54.9 Å². The molecule has 1 aliphatic heterocycles. The van der Waals surface area contributed by atoms with E-state index in [0.29, 0.717) is 0 Å². The second-order valence-corrected chi connectivity index (χ2v) is 7.28. The summed E-state index contributed by atoms with van der Waals surface area (Å²) in [6.07, 6.45) is 3.42. The minimum absolute atomic E-state index is 0.0513. The summed E-state index contributed by atoms with van der Waals surface area (Å²) in [6, 6.07) is 14.2. The van der Waals surface area contributed by atoms with Gasteiger partial charge in [0, 0.05) is 41.8 Å². The Morgan fingerprint density at radius 1 is 1.10 bits per heavy atom. The summed E-state index contributed by atoms with van der Waals surface area (Å²) in [5.41, 5.74) is 4.55. The number of Topliss-reactive ketones (excluding diaryl/α,β-unsaturated/α-hetero) is 1. The average Bonchev–Trinajstić information content (AvgIpc) is 3.18. The minimum atomic E-state index is -0.431. The molecular weight excluding hydrogens is 380 g/mol. The second kappa shape index (κ2) is 6.49. The highest BCUT2D eigenvalue weighted by Crippen LogP contribution is 2.42. The predicted octanol–water partition coefficient (Wildman–Crippen LogP) is 4.58. The fourth-order valence-electron chi connectivity index (χ4n) is 4.06. The number of benzene rings is 2. The molecular formula is C24H18N2O4. The molecule has 2 aromatic heterocycles. The standard InChI is InChI=1S/C24H18N2O4/c1-13-6-5-8-17-21(13)15(23(26(17)2)16-7-3-4-9-25-16)12-20-24(29)22-18(28)10-14(27)11-19(22)30-20/h3-12,27-28H,1-2H3. The molecule has 4 aromatic rings. The van der Waals surface area contributed by atoms with Gasteiger partial charge in [-0.2, -0.15) is 0 Å². The summed E-state index contributed by atoms with van der Waals surface area (Å²) in [6.45, 7) is 2.02. The highest BCUT2D eigenvalue weighted by Gasteiger charge is 2.32. The summed E-state index contributed by atoms with van der Waals surface area (Å²) in [7, 11) is 1.96. The smallest absolute Gasteiger partial charge is 0.235 e. The van der Waals surface area contributed by atoms with E-state index in [2.05, 4.69) is 4.98 Å². The van der Waals surface area contributed by atoms with E-state index in [1.54, 1.807) is 12.3 Å². The molecule has 0 spiro atoms. The summed E-state index contributed by atoms with van der Waals surface area (Å²) in [5, 5.41) is 20.8. The fraction of sp³-hybridized carbons (Fsp3) is 0.0833. The van der Waals surface area contributed by atoms with Crippen LogP contribution in [-0.2, 0) is 7.05 Å². The molecule has 0 radical (unpaired) electrons. The van der Waals surface area contributed by atoms with Crippen LogP contribution in [0.15, 0.2) is 60.5 Å². The molecule has 30 heavy (non-hydrogen) atoms. The van der Waals surface area contributed by atoms with Gasteiger partial charge in [0.2, 0.25) is 5.78 Å². The van der Waals surface area contributed by atoms with Crippen molar-refractivity contribution in [3.05, 3.63) is 77.2 Å². The zero-order valence-electron chi connectivity index (χ0n) is 16.4. The number of phenols is 2. The van der Waals surface area contributed by atoms with Crippen molar-refractivity contribution in [2.75, 3.05) is 0 Å². The molecule has 5 rings (SSSR count). The van der Waals surface area contributed by atoms with E-state index in [0.717, 1.165) is 39.5 Å². The number of pyridine rings is 1. The molecule has 0 atom stereocenters. The number of phenolic OH excluding ortho intramolecular Hbond substituents is 2. The SMILES string of the molecule is Cc1cccc2c1c(C=C1Oc3cc(O)cc(O)c3C1=O)c(-c1ccccn1)n2C. The molecule has 1 aliphatic rings. The third kappa shape index (κ3) is 2.58. The monoisotopic (exact) mass is 398 g/mol. The molecule has 0 unspecified atom stereocenters. The van der Waals surface area contributed by atoms with Crippen LogP contribution in [0.5, 0.6) is 17.2 Å². The molecule has 148 valence electrons. The second-order valence-electron chi connectivity index (χ2n) is 7.28. The summed E-state index contributed by atoms with van der Waals surface area (Å²) in [4.78, 5) is 17.5. The van der Waals surface area contributed by atoms with Crippen LogP contribution in [-0.4, -0.2) is 25.5 Å². The highest BCUT2D eigenvalue weighted by atomic mass is 16.5. The quantitative estimate of drug-likeness (QED) is 0.483. The van der Waals surface area contributed by atoms with Gasteiger partial charge in [0.25, 0.3) is 0 Å². The molecule has 0 saturated heterocycles. The van der Waals surface area contributed by atoms with Gasteiger partial charge in [-0.3, -0.25) is 9.78 Å². The van der Waals surface area contributed by atoms with Crippen LogP contribution in [0.1, 0.15) is 21.5 Å². The number of hydrogen-bond donors (Lipinski definition) is 2. The van der Waals surface area contributed by atoms with Crippen LogP contribution in [0.25, 0.3) is 28.4 Å². The molecule has 0 saturated carbocycles. The summed E-state index contributed by atoms with van der Waals surface area (Å²) in [5.74, 6) is -0.688. The largest absolute Gasteiger partial charge is 0.508 e. The zero-order valence-corrected chi connectivity index (χ0v) is 16.4. The lowest BCUT2D eigenvalue weighted by molar-refractivity contribution is 0.101. The summed E-state index contributed by atoms with van der Waals surface area (Å²) >= 11 is 0. The van der Waals surface area contributed by atoms with E-state index in [4.69, 9.17) is 4.74 Å². The van der Waals surface area contributed by atoms with Gasteiger partial charge in [0.15, 0.2) is 5.76 Å². The number of aryl methyl sites for hydroxylation is 2. The number of nitrogens with zero attached hydrogens (tertiary/aromatic N) is 2. The fourth-order valence-corrected chi connectivity index (χ4v) is 4.06. The van der Waals surface area contributed by atoms with Crippen molar-refractivity contribution in [3.63, 3.8) is 0 Å². The Labute approximate surface area is 172 Å². The molecule has 2 aromatic carbocycles. The Morgan fingerprint density at radius 3 is 2.70 bits per heavy atom. The Kier molecular flexibility index (Phi) is 3.89. The lowest BCUT2D eigenvalue weighted by Crippen LogP contribution is -1.99. The van der Waals surface area contributed by atoms with Gasteiger partial charge >= 0.3 is 0 Å². The number of carbonyl (C=O) groups is 1. The van der Waals surface area contributed by atoms with Crippen LogP contribution in [0.3, 0.4) is 0 Å². The molecule has 0 amide bonds. The van der Waals surface area contributed by atoms with Crippen LogP contribution in [0, 0.1) is 6.92 Å². The maximum Gasteiger partial charge on any atom is 0.235 e. The first-order valence-electron chi connectivity index (χ1n) is 9.45. The van der Waals surface area contributed by atoms with Crippen molar-refractivity contribution in [2.45, 2.75) is 6.92 Å². The van der Waals surface area contributed by atoms with Crippen LogP contribution < -0.4 is 4.74 Å². The lowest BCUT2D eigenvalue weighted by Gasteiger charge is -2.06. The first-order chi connectivity index (χ1) is 14.5. The maximum absolute atomic E-state index is 13.0. The van der Waals surface area contributed by atoms with E-state index >= 15 is 0 Å². The number of fused-ring (bicyclic) bond motifs is 2. The van der Waals surface area contributed by atoms with Crippen molar-refractivity contribution in [1.29, 1.82) is 0 Å². The van der Waals surface area contributed by atoms with E-state index in [9.17, 15) is 15.0 Å². The van der Waals surface area contributed by atoms with Crippen molar-refractivity contribution in [3.8, 4) is 28.6 Å². The van der Waals surface area contributed by atoms with E-state index < -0.39 is 5.78 Å². The van der Waals surface area contributed by atoms with Crippen molar-refractivity contribution in [1.82, 2.24) is 9.55 Å². The Balaban J connectivity index is 1.78. The van der Waals surface area contributed by atoms with Crippen LogP contribution in [0.2, 0.25) is 0 Å². The van der Waals surface area contributed by atoms with Crippen molar-refractivity contribution >= 4 is 22.8 Å². The number of aromatic hydroxyl groups is 2. The first kappa shape index (κ1) is 18.0. The third-order valence-electron chi connectivity index (χ3n) is 5.39. The molecule has 6 heteroatoms. The van der Waals surface area contributed by atoms with Crippen LogP contribution in [0.4, 0.5) is 0 Å². The Morgan fingerprint density at radius 2 is 1.93 bits per heavy atom. The van der Waals surface area contributed by atoms with Gasteiger partial charge in [0.1, 0.15) is 22.8 Å². The highest BCUT2D eigenvalue weighted by molar-refractivity contribution is 6.17. The number of ether oxygens (including phenoxy) is 1. The number of ketones is 1. The molecule has 6 nitrogen and oxygen atoms in total. The van der Waals surface area contributed by atoms with Gasteiger partial charge in [-0.05, 0) is 36.8 Å². The Hall–Kier alpha value is -4.06. The molecule has 3 heterocycles. The lowest BCUT2D eigenvalue weighted by atomic mass is 10.0. The van der Waals surface area contributed by atoms with Crippen molar-refractivity contribution < 1.29 is 19.7 Å². The van der Waals surface area contributed by atoms with Gasteiger partial charge in [0.05, 0.1) is 11.4 Å². The predicted molar refractivity (Wildman–Crippen MR) is 114 cm³/mol. The number of aromatic nitrogens is 2. The Bertz CT molecular complexity index is 1370. The average molecular weight is 398 g/mol. The number of allylic oxidation sites excluding steroid dienone is 1. The molecule has 2 N–H and O–H groups in total. The molecule has 0 bridgehead atoms. The maximum atomic E-state index is 13.0. The van der Waals surface area contributed by atoms with Crippen molar-refractivity contribution in [2.24, 2.45) is 7.05 Å². The zero-order chi connectivity index (χ0) is 21.0. The van der Waals surface area contributed by atoms with Gasteiger partial charge < -0.3 is 19.5 Å². The van der Waals surface area contributed by atoms with Gasteiger partial charge in [-0.1, -0.05) is 18.2 Å². The normalized spacial score (nSPS) is 14.3. The van der Waals surface area contributed by atoms with E-state index in [1.165, 1.54) is 6.07 Å². The molecule has 0 fully saturated rings. The van der Waals surface area contributed by atoms with Crippen LogP contribution >= 0.6 is 0 Å². The van der Waals surface area contributed by atoms with Gasteiger partial charge in [-0.15, -0.1) is 0 Å². The minimum Gasteiger partial charge on any atom is -0.508 e. The molecule has 0 aliphatic carbocycles. The first-order valence-corrected chi connectivity index (χ1v) is 9.45. The van der Waals surface area contributed by atoms with E-state index in [-0.39, 0.29) is 28.6 Å². The van der Waals surface area contributed by atoms with Gasteiger partial charge in [-0.25, -0.2) is 0 Å². The topological polar surface area (TPSA) is 84.6 Å². The number of carbonyl (C=O) groups excluding carboxylic acids is 1. The number of rotatable bonds is 2. The third-order valence-corrected chi connectivity index (χ3v) is 5.39. The summed E-state index contributed by atoms with van der Waals surface area (Å²) < 4.78 is 7.78. The number of hydrogen-bond acceptors (Lipinski definition) is 5.